The topological polar surface area (TPSA) is 17.8 Å². The van der Waals surface area contributed by atoms with Crippen LogP contribution in [0.4, 0.5) is 0 Å². The van der Waals surface area contributed by atoms with E-state index in [4.69, 9.17) is 11.6 Å². The minimum Gasteiger partial charge on any atom is -0.257 e. The Morgan fingerprint density at radius 1 is 1.70 bits per heavy atom. The Morgan fingerprint density at radius 2 is 2.30 bits per heavy atom. The maximum atomic E-state index is 5.87. The van der Waals surface area contributed by atoms with Crippen molar-refractivity contribution in [1.29, 1.82) is 0 Å². The van der Waals surface area contributed by atoms with Crippen molar-refractivity contribution in [2.75, 3.05) is 0 Å². The van der Waals surface area contributed by atoms with Crippen LogP contribution in [0.2, 0.25) is 5.15 Å². The van der Waals surface area contributed by atoms with Gasteiger partial charge in [0.2, 0.25) is 0 Å². The predicted octanol–water partition coefficient (Wildman–Crippen LogP) is 1.81. The maximum Gasteiger partial charge on any atom is 0.130 e. The molecule has 0 amide bonds. The lowest BCUT2D eigenvalue weighted by Gasteiger charge is -1.91. The Morgan fingerprint density at radius 3 is 2.50 bits per heavy atom. The molecule has 56 valence electrons. The highest BCUT2D eigenvalue weighted by atomic mass is 35.5. The van der Waals surface area contributed by atoms with E-state index in [-0.39, 0.29) is 0 Å². The maximum absolute atomic E-state index is 5.87. The standard InChI is InChI=1S/C6H9ClN2S/c1-4-5(3-10)6(7)9(2)8-4/h10H,3H2,1-2H3. The molecule has 1 heterocycles. The second kappa shape index (κ2) is 2.84. The second-order valence-electron chi connectivity index (χ2n) is 2.14. The van der Waals surface area contributed by atoms with E-state index in [9.17, 15) is 0 Å². The van der Waals surface area contributed by atoms with Gasteiger partial charge in [-0.15, -0.1) is 0 Å². The molecule has 10 heavy (non-hydrogen) atoms. The summed E-state index contributed by atoms with van der Waals surface area (Å²) in [6.45, 7) is 1.93. The molecule has 0 aliphatic rings. The number of thiol groups is 1. The normalized spacial score (nSPS) is 10.4. The van der Waals surface area contributed by atoms with Crippen molar-refractivity contribution in [2.45, 2.75) is 12.7 Å². The molecule has 1 aromatic heterocycles. The number of rotatable bonds is 1. The Balaban J connectivity index is 3.20. The van der Waals surface area contributed by atoms with E-state index in [1.165, 1.54) is 0 Å². The number of hydrogen-bond acceptors (Lipinski definition) is 2. The van der Waals surface area contributed by atoms with Crippen LogP contribution in [0.3, 0.4) is 0 Å². The Labute approximate surface area is 70.6 Å². The van der Waals surface area contributed by atoms with Crippen LogP contribution in [0, 0.1) is 6.92 Å². The molecule has 0 saturated carbocycles. The number of hydrogen-bond donors (Lipinski definition) is 1. The summed E-state index contributed by atoms with van der Waals surface area (Å²) < 4.78 is 1.66. The molecule has 4 heteroatoms. The molecule has 0 aliphatic carbocycles. The molecule has 0 N–H and O–H groups in total. The summed E-state index contributed by atoms with van der Waals surface area (Å²) >= 11 is 9.99. The zero-order chi connectivity index (χ0) is 7.72. The first-order chi connectivity index (χ1) is 4.66. The molecule has 0 saturated heterocycles. The number of nitrogens with zero attached hydrogens (tertiary/aromatic N) is 2. The first kappa shape index (κ1) is 7.95. The van der Waals surface area contributed by atoms with Crippen LogP contribution in [0.5, 0.6) is 0 Å². The van der Waals surface area contributed by atoms with Crippen LogP contribution in [0.25, 0.3) is 0 Å². The zero-order valence-electron chi connectivity index (χ0n) is 5.93. The van der Waals surface area contributed by atoms with Gasteiger partial charge in [0.05, 0.1) is 5.69 Å². The first-order valence-corrected chi connectivity index (χ1v) is 3.96. The van der Waals surface area contributed by atoms with Gasteiger partial charge in [-0.05, 0) is 6.92 Å². The average molecular weight is 177 g/mol. The van der Waals surface area contributed by atoms with E-state index in [2.05, 4.69) is 17.7 Å². The first-order valence-electron chi connectivity index (χ1n) is 2.95. The molecule has 0 spiro atoms. The van der Waals surface area contributed by atoms with Gasteiger partial charge in [-0.3, -0.25) is 4.68 Å². The second-order valence-corrected chi connectivity index (χ2v) is 2.81. The third-order valence-corrected chi connectivity index (χ3v) is 2.22. The van der Waals surface area contributed by atoms with Crippen molar-refractivity contribution >= 4 is 24.2 Å². The Bertz CT molecular complexity index is 244. The molecular weight excluding hydrogens is 168 g/mol. The number of aryl methyl sites for hydroxylation is 2. The van der Waals surface area contributed by atoms with Gasteiger partial charge < -0.3 is 0 Å². The van der Waals surface area contributed by atoms with Crippen LogP contribution in [0.1, 0.15) is 11.3 Å². The lowest BCUT2D eigenvalue weighted by Crippen LogP contribution is -1.89. The molecule has 0 aliphatic heterocycles. The predicted molar refractivity (Wildman–Crippen MR) is 45.6 cm³/mol. The van der Waals surface area contributed by atoms with Crippen molar-refractivity contribution in [2.24, 2.45) is 7.05 Å². The SMILES string of the molecule is Cc1nn(C)c(Cl)c1CS. The lowest BCUT2D eigenvalue weighted by molar-refractivity contribution is 0.757. The van der Waals surface area contributed by atoms with E-state index in [1.807, 2.05) is 14.0 Å². The van der Waals surface area contributed by atoms with Crippen LogP contribution in [0.15, 0.2) is 0 Å². The van der Waals surface area contributed by atoms with Gasteiger partial charge in [0.1, 0.15) is 5.15 Å². The van der Waals surface area contributed by atoms with Crippen LogP contribution in [-0.2, 0) is 12.8 Å². The highest BCUT2D eigenvalue weighted by Gasteiger charge is 2.07. The molecule has 1 rings (SSSR count). The van der Waals surface area contributed by atoms with Gasteiger partial charge in [-0.2, -0.15) is 17.7 Å². The summed E-state index contributed by atoms with van der Waals surface area (Å²) in [5.74, 6) is 0.651. The average Bonchev–Trinajstić information content (AvgIpc) is 2.09. The van der Waals surface area contributed by atoms with E-state index in [0.717, 1.165) is 11.3 Å². The van der Waals surface area contributed by atoms with Gasteiger partial charge in [-0.25, -0.2) is 0 Å². The molecule has 0 fully saturated rings. The highest BCUT2D eigenvalue weighted by Crippen LogP contribution is 2.19. The summed E-state index contributed by atoms with van der Waals surface area (Å²) in [4.78, 5) is 0. The number of aromatic nitrogens is 2. The van der Waals surface area contributed by atoms with E-state index < -0.39 is 0 Å². The molecule has 0 atom stereocenters. The van der Waals surface area contributed by atoms with Gasteiger partial charge in [0.25, 0.3) is 0 Å². The van der Waals surface area contributed by atoms with Crippen LogP contribution in [-0.4, -0.2) is 9.78 Å². The van der Waals surface area contributed by atoms with E-state index >= 15 is 0 Å². The van der Waals surface area contributed by atoms with Gasteiger partial charge in [0, 0.05) is 18.4 Å². The molecule has 1 aromatic rings. The summed E-state index contributed by atoms with van der Waals surface area (Å²) in [5.41, 5.74) is 1.98. The molecule has 0 bridgehead atoms. The van der Waals surface area contributed by atoms with Gasteiger partial charge in [0.15, 0.2) is 0 Å². The van der Waals surface area contributed by atoms with Crippen molar-refractivity contribution < 1.29 is 0 Å². The van der Waals surface area contributed by atoms with Crippen molar-refractivity contribution in [1.82, 2.24) is 9.78 Å². The monoisotopic (exact) mass is 176 g/mol. The van der Waals surface area contributed by atoms with Crippen molar-refractivity contribution in [3.8, 4) is 0 Å². The fourth-order valence-corrected chi connectivity index (χ4v) is 1.57. The minimum absolute atomic E-state index is 0.651. The van der Waals surface area contributed by atoms with Crippen LogP contribution >= 0.6 is 24.2 Å². The molecule has 0 radical (unpaired) electrons. The van der Waals surface area contributed by atoms with Gasteiger partial charge in [-0.1, -0.05) is 11.6 Å². The third-order valence-electron chi connectivity index (χ3n) is 1.43. The fraction of sp³-hybridized carbons (Fsp3) is 0.500. The fourth-order valence-electron chi connectivity index (χ4n) is 0.853. The summed E-state index contributed by atoms with van der Waals surface area (Å²) in [5, 5.41) is 4.80. The lowest BCUT2D eigenvalue weighted by atomic mass is 10.3. The summed E-state index contributed by atoms with van der Waals surface area (Å²) in [6, 6.07) is 0. The van der Waals surface area contributed by atoms with E-state index in [0.29, 0.717) is 10.9 Å². The van der Waals surface area contributed by atoms with Gasteiger partial charge >= 0.3 is 0 Å². The molecular formula is C6H9ClN2S. The Kier molecular flexibility index (Phi) is 2.26. The smallest absolute Gasteiger partial charge is 0.130 e. The van der Waals surface area contributed by atoms with Crippen molar-refractivity contribution in [3.05, 3.63) is 16.4 Å². The van der Waals surface area contributed by atoms with E-state index in [1.54, 1.807) is 4.68 Å². The molecule has 0 unspecified atom stereocenters. The van der Waals surface area contributed by atoms with Crippen LogP contribution < -0.4 is 0 Å². The summed E-state index contributed by atoms with van der Waals surface area (Å²) in [7, 11) is 1.82. The summed E-state index contributed by atoms with van der Waals surface area (Å²) in [6.07, 6.45) is 0. The van der Waals surface area contributed by atoms with Crippen molar-refractivity contribution in [3.63, 3.8) is 0 Å². The quantitative estimate of drug-likeness (QED) is 0.647. The molecule has 0 aromatic carbocycles. The minimum atomic E-state index is 0.651. The third kappa shape index (κ3) is 1.16. The zero-order valence-corrected chi connectivity index (χ0v) is 7.58. The Hall–Kier alpha value is -0.150. The largest absolute Gasteiger partial charge is 0.257 e. The molecule has 2 nitrogen and oxygen atoms in total. The highest BCUT2D eigenvalue weighted by molar-refractivity contribution is 7.79. The number of halogens is 1.